The number of hydrogen-bond acceptors (Lipinski definition) is 4. The highest BCUT2D eigenvalue weighted by molar-refractivity contribution is 7.90. The lowest BCUT2D eigenvalue weighted by Gasteiger charge is -2.21. The third kappa shape index (κ3) is 5.66. The lowest BCUT2D eigenvalue weighted by molar-refractivity contribution is 0.102. The number of anilines is 1. The topological polar surface area (TPSA) is 72.5 Å². The summed E-state index contributed by atoms with van der Waals surface area (Å²) in [5.41, 5.74) is 1.23. The smallest absolute Gasteiger partial charge is 0.259 e. The number of sulfone groups is 1. The van der Waals surface area contributed by atoms with Crippen molar-refractivity contribution in [1.82, 2.24) is 0 Å². The molecule has 1 N–H and O–H groups in total. The van der Waals surface area contributed by atoms with Gasteiger partial charge in [0.1, 0.15) is 17.3 Å². The fourth-order valence-corrected chi connectivity index (χ4v) is 3.81. The van der Waals surface area contributed by atoms with E-state index in [1.807, 2.05) is 26.8 Å². The van der Waals surface area contributed by atoms with Crippen LogP contribution in [-0.4, -0.2) is 20.6 Å². The minimum absolute atomic E-state index is 0.0679. The van der Waals surface area contributed by atoms with Crippen LogP contribution in [0.4, 0.5) is 10.1 Å². The Hall–Kier alpha value is -2.90. The van der Waals surface area contributed by atoms with Crippen LogP contribution in [-0.2, 0) is 15.3 Å². The molecule has 3 rings (SSSR count). The van der Waals surface area contributed by atoms with E-state index in [1.165, 1.54) is 24.3 Å². The van der Waals surface area contributed by atoms with E-state index >= 15 is 0 Å². The molecular weight excluding hydrogens is 453 g/mol. The van der Waals surface area contributed by atoms with Gasteiger partial charge in [0, 0.05) is 11.9 Å². The maximum absolute atomic E-state index is 13.4. The Labute approximate surface area is 192 Å². The highest BCUT2D eigenvalue weighted by Crippen LogP contribution is 2.35. The van der Waals surface area contributed by atoms with E-state index in [9.17, 15) is 17.6 Å². The van der Waals surface area contributed by atoms with Crippen LogP contribution in [0.25, 0.3) is 0 Å². The maximum Gasteiger partial charge on any atom is 0.259 e. The summed E-state index contributed by atoms with van der Waals surface area (Å²) < 4.78 is 43.0. The molecule has 0 aliphatic rings. The zero-order valence-electron chi connectivity index (χ0n) is 18.1. The number of carbonyl (C=O) groups excluding carboxylic acids is 1. The molecule has 0 fully saturated rings. The summed E-state index contributed by atoms with van der Waals surface area (Å²) in [6.07, 6.45) is 1.09. The van der Waals surface area contributed by atoms with Gasteiger partial charge in [0.25, 0.3) is 5.91 Å². The SMILES string of the molecule is CC(C)(C)c1ccc(C(=O)Nc2cccc(S(C)(=O)=O)c2)c(Oc2ccc(F)cc2Cl)c1. The van der Waals surface area contributed by atoms with Gasteiger partial charge in [0.2, 0.25) is 0 Å². The molecule has 0 heterocycles. The second-order valence-electron chi connectivity index (χ2n) is 8.39. The lowest BCUT2D eigenvalue weighted by atomic mass is 9.86. The van der Waals surface area contributed by atoms with Gasteiger partial charge in [-0.3, -0.25) is 4.79 Å². The van der Waals surface area contributed by atoms with E-state index in [-0.39, 0.29) is 32.4 Å². The van der Waals surface area contributed by atoms with Crippen molar-refractivity contribution in [1.29, 1.82) is 0 Å². The Morgan fingerprint density at radius 3 is 2.34 bits per heavy atom. The molecule has 0 aromatic heterocycles. The Balaban J connectivity index is 2.00. The molecule has 0 radical (unpaired) electrons. The summed E-state index contributed by atoms with van der Waals surface area (Å²) in [7, 11) is -3.43. The fraction of sp³-hybridized carbons (Fsp3) is 0.208. The molecule has 0 aliphatic heterocycles. The highest BCUT2D eigenvalue weighted by atomic mass is 35.5. The van der Waals surface area contributed by atoms with Crippen LogP contribution in [0.5, 0.6) is 11.5 Å². The van der Waals surface area contributed by atoms with Crippen molar-refractivity contribution in [3.63, 3.8) is 0 Å². The van der Waals surface area contributed by atoms with Crippen molar-refractivity contribution >= 4 is 33.0 Å². The summed E-state index contributed by atoms with van der Waals surface area (Å²) in [5.74, 6) is -0.561. The molecule has 0 saturated heterocycles. The van der Waals surface area contributed by atoms with E-state index in [1.54, 1.807) is 24.3 Å². The van der Waals surface area contributed by atoms with E-state index in [2.05, 4.69) is 5.32 Å². The molecule has 0 unspecified atom stereocenters. The molecule has 0 saturated carbocycles. The van der Waals surface area contributed by atoms with Crippen LogP contribution in [0.15, 0.2) is 65.6 Å². The molecule has 1 amide bonds. The Morgan fingerprint density at radius 2 is 1.72 bits per heavy atom. The fourth-order valence-electron chi connectivity index (χ4n) is 2.94. The van der Waals surface area contributed by atoms with Gasteiger partial charge < -0.3 is 10.1 Å². The van der Waals surface area contributed by atoms with E-state index in [0.29, 0.717) is 5.69 Å². The van der Waals surface area contributed by atoms with Gasteiger partial charge in [0.05, 0.1) is 15.5 Å². The Bertz CT molecular complexity index is 1280. The highest BCUT2D eigenvalue weighted by Gasteiger charge is 2.21. The van der Waals surface area contributed by atoms with Crippen molar-refractivity contribution in [2.24, 2.45) is 0 Å². The van der Waals surface area contributed by atoms with Gasteiger partial charge in [0.15, 0.2) is 9.84 Å². The zero-order chi connectivity index (χ0) is 23.7. The molecule has 8 heteroatoms. The molecule has 0 bridgehead atoms. The minimum Gasteiger partial charge on any atom is -0.455 e. The van der Waals surface area contributed by atoms with Gasteiger partial charge in [-0.25, -0.2) is 12.8 Å². The van der Waals surface area contributed by atoms with Crippen LogP contribution in [0, 0.1) is 5.82 Å². The van der Waals surface area contributed by atoms with Crippen molar-refractivity contribution < 1.29 is 22.3 Å². The van der Waals surface area contributed by atoms with Crippen molar-refractivity contribution in [3.05, 3.63) is 82.6 Å². The maximum atomic E-state index is 13.4. The van der Waals surface area contributed by atoms with Crippen molar-refractivity contribution in [2.45, 2.75) is 31.1 Å². The molecule has 3 aromatic rings. The summed E-state index contributed by atoms with van der Waals surface area (Å²) >= 11 is 6.11. The first kappa shape index (κ1) is 23.8. The number of rotatable bonds is 5. The largest absolute Gasteiger partial charge is 0.455 e. The number of nitrogens with one attached hydrogen (secondary N) is 1. The van der Waals surface area contributed by atoms with E-state index in [0.717, 1.165) is 17.9 Å². The van der Waals surface area contributed by atoms with Crippen molar-refractivity contribution in [2.75, 3.05) is 11.6 Å². The average Bonchev–Trinajstić information content (AvgIpc) is 2.69. The predicted molar refractivity (Wildman–Crippen MR) is 124 cm³/mol. The summed E-state index contributed by atoms with van der Waals surface area (Å²) in [4.78, 5) is 13.1. The quantitative estimate of drug-likeness (QED) is 0.475. The van der Waals surface area contributed by atoms with Crippen LogP contribution in [0.2, 0.25) is 5.02 Å². The summed E-state index contributed by atoms with van der Waals surface area (Å²) in [5, 5.41) is 2.77. The summed E-state index contributed by atoms with van der Waals surface area (Å²) in [6, 6.07) is 14.9. The monoisotopic (exact) mass is 475 g/mol. The first-order valence-corrected chi connectivity index (χ1v) is 12.0. The molecular formula is C24H23ClFNO4S. The predicted octanol–water partition coefficient (Wildman–Crippen LogP) is 6.22. The molecule has 5 nitrogen and oxygen atoms in total. The van der Waals surface area contributed by atoms with Crippen LogP contribution in [0.3, 0.4) is 0 Å². The zero-order valence-corrected chi connectivity index (χ0v) is 19.6. The van der Waals surface area contributed by atoms with Crippen LogP contribution < -0.4 is 10.1 Å². The van der Waals surface area contributed by atoms with E-state index in [4.69, 9.17) is 16.3 Å². The molecule has 0 aliphatic carbocycles. The van der Waals surface area contributed by atoms with Gasteiger partial charge in [-0.05, 0) is 59.5 Å². The Kier molecular flexibility index (Phi) is 6.62. The third-order valence-electron chi connectivity index (χ3n) is 4.73. The lowest BCUT2D eigenvalue weighted by Crippen LogP contribution is -2.16. The minimum atomic E-state index is -3.43. The molecule has 0 spiro atoms. The van der Waals surface area contributed by atoms with E-state index < -0.39 is 21.6 Å². The first-order chi connectivity index (χ1) is 14.8. The number of carbonyl (C=O) groups is 1. The molecule has 32 heavy (non-hydrogen) atoms. The number of halogens is 2. The van der Waals surface area contributed by atoms with Gasteiger partial charge in [-0.15, -0.1) is 0 Å². The van der Waals surface area contributed by atoms with Gasteiger partial charge in [-0.1, -0.05) is 44.5 Å². The summed E-state index contributed by atoms with van der Waals surface area (Å²) in [6.45, 7) is 6.06. The normalized spacial score (nSPS) is 11.8. The second-order valence-corrected chi connectivity index (χ2v) is 10.8. The van der Waals surface area contributed by atoms with Crippen molar-refractivity contribution in [3.8, 4) is 11.5 Å². The number of ether oxygens (including phenoxy) is 1. The van der Waals surface area contributed by atoms with Crippen LogP contribution >= 0.6 is 11.6 Å². The molecule has 3 aromatic carbocycles. The average molecular weight is 476 g/mol. The molecule has 0 atom stereocenters. The molecule has 168 valence electrons. The van der Waals surface area contributed by atoms with Gasteiger partial charge >= 0.3 is 0 Å². The number of benzene rings is 3. The first-order valence-electron chi connectivity index (χ1n) is 9.73. The standard InChI is InChI=1S/C24H23ClFNO4S/c1-24(2,3)15-8-10-19(22(12-15)31-21-11-9-16(26)13-20(21)25)23(28)27-17-6-5-7-18(14-17)32(4,29)30/h5-14H,1-4H3,(H,27,28). The van der Waals surface area contributed by atoms with Gasteiger partial charge in [-0.2, -0.15) is 0 Å². The second kappa shape index (κ2) is 8.92. The number of amides is 1. The Morgan fingerprint density at radius 1 is 1.00 bits per heavy atom. The number of hydrogen-bond donors (Lipinski definition) is 1. The third-order valence-corrected chi connectivity index (χ3v) is 6.13. The van der Waals surface area contributed by atoms with Crippen LogP contribution in [0.1, 0.15) is 36.7 Å².